The lowest BCUT2D eigenvalue weighted by Gasteiger charge is -2.10. The zero-order valence-corrected chi connectivity index (χ0v) is 20.2. The van der Waals surface area contributed by atoms with Crippen molar-refractivity contribution in [3.05, 3.63) is 90.0 Å². The van der Waals surface area contributed by atoms with Crippen LogP contribution in [0.5, 0.6) is 0 Å². The lowest BCUT2D eigenvalue weighted by atomic mass is 10.0. The van der Waals surface area contributed by atoms with Crippen LogP contribution in [0.3, 0.4) is 0 Å². The number of hydrogen-bond donors (Lipinski definition) is 2. The summed E-state index contributed by atoms with van der Waals surface area (Å²) in [4.78, 5) is 31.4. The first-order valence-corrected chi connectivity index (χ1v) is 11.6. The number of amides is 2. The summed E-state index contributed by atoms with van der Waals surface area (Å²) in [5.74, 6) is -0.768. The second-order valence-electron chi connectivity index (χ2n) is 8.40. The summed E-state index contributed by atoms with van der Waals surface area (Å²) in [7, 11) is 1.85. The molecule has 180 valence electrons. The van der Waals surface area contributed by atoms with Crippen molar-refractivity contribution in [3.8, 4) is 11.3 Å². The second-order valence-corrected chi connectivity index (χ2v) is 8.40. The summed E-state index contributed by atoms with van der Waals surface area (Å²) in [6.45, 7) is 4.36. The molecule has 0 bridgehead atoms. The first-order valence-electron chi connectivity index (χ1n) is 11.6. The molecule has 9 heteroatoms. The maximum Gasteiger partial charge on any atom is 0.278 e. The number of nitrogens with one attached hydrogen (secondary N) is 2. The molecule has 0 radical (unpaired) electrons. The number of pyridine rings is 1. The Morgan fingerprint density at radius 2 is 1.67 bits per heavy atom. The van der Waals surface area contributed by atoms with Gasteiger partial charge in [-0.3, -0.25) is 19.0 Å². The number of nitrogens with zero attached hydrogens (tertiary/aromatic N) is 5. The van der Waals surface area contributed by atoms with Crippen LogP contribution in [0, 0.1) is 6.92 Å². The van der Waals surface area contributed by atoms with Crippen LogP contribution in [0.2, 0.25) is 0 Å². The van der Waals surface area contributed by atoms with E-state index in [0.717, 1.165) is 11.3 Å². The summed E-state index contributed by atoms with van der Waals surface area (Å²) in [6, 6.07) is 18.3. The molecule has 2 aromatic carbocycles. The van der Waals surface area contributed by atoms with Crippen molar-refractivity contribution in [1.82, 2.24) is 24.5 Å². The Bertz CT molecular complexity index is 1580. The van der Waals surface area contributed by atoms with Gasteiger partial charge in [0.25, 0.3) is 11.8 Å². The second kappa shape index (κ2) is 9.46. The molecule has 0 saturated carbocycles. The van der Waals surface area contributed by atoms with Gasteiger partial charge in [-0.25, -0.2) is 4.98 Å². The lowest BCUT2D eigenvalue weighted by Crippen LogP contribution is -2.18. The van der Waals surface area contributed by atoms with Gasteiger partial charge in [0, 0.05) is 42.6 Å². The maximum atomic E-state index is 13.6. The van der Waals surface area contributed by atoms with E-state index >= 15 is 0 Å². The zero-order valence-electron chi connectivity index (χ0n) is 20.2. The molecule has 5 aromatic rings. The van der Waals surface area contributed by atoms with E-state index in [1.807, 2.05) is 69.6 Å². The largest absolute Gasteiger partial charge is 0.321 e. The number of fused-ring (bicyclic) bond motifs is 1. The highest BCUT2D eigenvalue weighted by Gasteiger charge is 2.22. The number of benzene rings is 2. The number of carbonyl (C=O) groups is 2. The van der Waals surface area contributed by atoms with Gasteiger partial charge in [-0.2, -0.15) is 10.2 Å². The van der Waals surface area contributed by atoms with E-state index in [1.54, 1.807) is 33.8 Å². The average Bonchev–Trinajstić information content (AvgIpc) is 3.45. The molecular weight excluding hydrogens is 454 g/mol. The molecule has 36 heavy (non-hydrogen) atoms. The van der Waals surface area contributed by atoms with E-state index in [9.17, 15) is 9.59 Å². The number of rotatable bonds is 6. The Morgan fingerprint density at radius 3 is 2.39 bits per heavy atom. The van der Waals surface area contributed by atoms with Crippen LogP contribution < -0.4 is 10.6 Å². The molecule has 0 unspecified atom stereocenters. The summed E-state index contributed by atoms with van der Waals surface area (Å²) >= 11 is 0. The Balaban J connectivity index is 1.52. The third kappa shape index (κ3) is 4.46. The quantitative estimate of drug-likeness (QED) is 0.368. The normalized spacial score (nSPS) is 11.0. The van der Waals surface area contributed by atoms with Gasteiger partial charge in [0.05, 0.1) is 28.2 Å². The van der Waals surface area contributed by atoms with Crippen LogP contribution in [0.25, 0.3) is 22.2 Å². The van der Waals surface area contributed by atoms with Crippen molar-refractivity contribution in [2.24, 2.45) is 7.05 Å². The minimum atomic E-state index is -0.407. The molecule has 3 aromatic heterocycles. The van der Waals surface area contributed by atoms with Crippen LogP contribution in [-0.2, 0) is 13.6 Å². The monoisotopic (exact) mass is 479 g/mol. The van der Waals surface area contributed by atoms with Crippen LogP contribution in [-0.4, -0.2) is 36.4 Å². The first-order chi connectivity index (χ1) is 17.4. The van der Waals surface area contributed by atoms with E-state index in [2.05, 4.69) is 20.8 Å². The van der Waals surface area contributed by atoms with E-state index < -0.39 is 5.91 Å². The van der Waals surface area contributed by atoms with Gasteiger partial charge in [-0.1, -0.05) is 36.4 Å². The standard InChI is InChI=1S/C27H25N7O2/c1-4-34-16-24(25(32-34)27(36)28-18-10-6-5-7-11-18)30-26(35)20-14-23(21-15-33(3)31-17(21)2)29-22-13-9-8-12-19(20)22/h5-16H,4H2,1-3H3,(H,28,36)(H,30,35). The molecule has 3 heterocycles. The number of carbonyl (C=O) groups excluding carboxylic acids is 2. The molecule has 0 aliphatic rings. The number of aryl methyl sites for hydroxylation is 3. The van der Waals surface area contributed by atoms with Crippen molar-refractivity contribution in [1.29, 1.82) is 0 Å². The van der Waals surface area contributed by atoms with Crippen molar-refractivity contribution in [3.63, 3.8) is 0 Å². The minimum absolute atomic E-state index is 0.135. The van der Waals surface area contributed by atoms with E-state index in [1.165, 1.54) is 0 Å². The molecule has 2 N–H and O–H groups in total. The predicted octanol–water partition coefficient (Wildman–Crippen LogP) is 4.66. The number of aromatic nitrogens is 5. The molecule has 0 atom stereocenters. The van der Waals surface area contributed by atoms with Crippen molar-refractivity contribution in [2.75, 3.05) is 10.6 Å². The summed E-state index contributed by atoms with van der Waals surface area (Å²) in [5, 5.41) is 15.2. The van der Waals surface area contributed by atoms with Gasteiger partial charge in [-0.05, 0) is 38.1 Å². The number of anilines is 2. The Hall–Kier alpha value is -4.79. The molecule has 2 amide bonds. The molecule has 0 spiro atoms. The number of para-hydroxylation sites is 2. The van der Waals surface area contributed by atoms with Gasteiger partial charge >= 0.3 is 0 Å². The zero-order chi connectivity index (χ0) is 25.2. The van der Waals surface area contributed by atoms with Crippen molar-refractivity contribution < 1.29 is 9.59 Å². The topological polar surface area (TPSA) is 107 Å². The average molecular weight is 480 g/mol. The fourth-order valence-corrected chi connectivity index (χ4v) is 4.10. The highest BCUT2D eigenvalue weighted by Crippen LogP contribution is 2.28. The van der Waals surface area contributed by atoms with Crippen LogP contribution in [0.4, 0.5) is 11.4 Å². The van der Waals surface area contributed by atoms with Crippen LogP contribution in [0.15, 0.2) is 73.1 Å². The maximum absolute atomic E-state index is 13.6. The smallest absolute Gasteiger partial charge is 0.278 e. The third-order valence-electron chi connectivity index (χ3n) is 5.83. The van der Waals surface area contributed by atoms with Crippen LogP contribution >= 0.6 is 0 Å². The summed E-state index contributed by atoms with van der Waals surface area (Å²) in [5.41, 5.74) is 4.55. The fourth-order valence-electron chi connectivity index (χ4n) is 4.10. The van der Waals surface area contributed by atoms with E-state index in [4.69, 9.17) is 4.98 Å². The SMILES string of the molecule is CCn1cc(NC(=O)c2cc(-c3cn(C)nc3C)nc3ccccc23)c(C(=O)Nc2ccccc2)n1. The highest BCUT2D eigenvalue weighted by atomic mass is 16.2. The van der Waals surface area contributed by atoms with E-state index in [-0.39, 0.29) is 11.6 Å². The number of hydrogen-bond acceptors (Lipinski definition) is 5. The molecule has 0 fully saturated rings. The molecular formula is C27H25N7O2. The minimum Gasteiger partial charge on any atom is -0.321 e. The van der Waals surface area contributed by atoms with E-state index in [0.29, 0.717) is 40.1 Å². The van der Waals surface area contributed by atoms with Crippen molar-refractivity contribution in [2.45, 2.75) is 20.4 Å². The van der Waals surface area contributed by atoms with Gasteiger partial charge in [0.15, 0.2) is 5.69 Å². The Labute approximate surface area is 207 Å². The van der Waals surface area contributed by atoms with Gasteiger partial charge in [0.2, 0.25) is 0 Å². The Kier molecular flexibility index (Phi) is 6.03. The first kappa shape index (κ1) is 23.0. The molecule has 5 rings (SSSR count). The predicted molar refractivity (Wildman–Crippen MR) is 139 cm³/mol. The van der Waals surface area contributed by atoms with Crippen LogP contribution in [0.1, 0.15) is 33.5 Å². The van der Waals surface area contributed by atoms with Gasteiger partial charge < -0.3 is 10.6 Å². The third-order valence-corrected chi connectivity index (χ3v) is 5.83. The molecule has 9 nitrogen and oxygen atoms in total. The molecule has 0 aliphatic carbocycles. The molecule has 0 saturated heterocycles. The lowest BCUT2D eigenvalue weighted by molar-refractivity contribution is 0.102. The highest BCUT2D eigenvalue weighted by molar-refractivity contribution is 6.15. The summed E-state index contributed by atoms with van der Waals surface area (Å²) < 4.78 is 3.34. The van der Waals surface area contributed by atoms with Crippen molar-refractivity contribution >= 4 is 34.1 Å². The fraction of sp³-hybridized carbons (Fsp3) is 0.148. The summed E-state index contributed by atoms with van der Waals surface area (Å²) in [6.07, 6.45) is 3.54. The molecule has 0 aliphatic heterocycles. The van der Waals surface area contributed by atoms with Gasteiger partial charge in [-0.15, -0.1) is 0 Å². The van der Waals surface area contributed by atoms with Gasteiger partial charge in [0.1, 0.15) is 0 Å². The Morgan fingerprint density at radius 1 is 0.917 bits per heavy atom.